The molecule has 6 rings (SSSR count). The van der Waals surface area contributed by atoms with E-state index in [-0.39, 0.29) is 21.2 Å². The van der Waals surface area contributed by atoms with E-state index in [9.17, 15) is 17.8 Å². The van der Waals surface area contributed by atoms with Gasteiger partial charge in [-0.2, -0.15) is 0 Å². The molecule has 1 aromatic heterocycles. The first-order valence-corrected chi connectivity index (χ1v) is 15.6. The second-order valence-corrected chi connectivity index (χ2v) is 13.2. The first kappa shape index (κ1) is 28.4. The van der Waals surface area contributed by atoms with Gasteiger partial charge in [-0.1, -0.05) is 65.2 Å². The molecule has 0 spiro atoms. The summed E-state index contributed by atoms with van der Waals surface area (Å²) in [5, 5.41) is 1.25. The number of para-hydroxylation sites is 1. The van der Waals surface area contributed by atoms with E-state index in [0.717, 1.165) is 10.5 Å². The van der Waals surface area contributed by atoms with Gasteiger partial charge in [0.1, 0.15) is 21.3 Å². The highest BCUT2D eigenvalue weighted by Crippen LogP contribution is 2.33. The van der Waals surface area contributed by atoms with E-state index in [1.54, 1.807) is 12.1 Å². The molecular weight excluding hydrogens is 553 g/mol. The largest absolute Gasteiger partial charge is 0.744 e. The van der Waals surface area contributed by atoms with Crippen LogP contribution in [0.1, 0.15) is 16.7 Å². The fourth-order valence-corrected chi connectivity index (χ4v) is 6.91. The molecule has 0 atom stereocenters. The van der Waals surface area contributed by atoms with Crippen LogP contribution in [-0.2, 0) is 21.0 Å². The van der Waals surface area contributed by atoms with Crippen LogP contribution in [-0.4, -0.2) is 13.0 Å². The van der Waals surface area contributed by atoms with E-state index < -0.39 is 10.1 Å². The third kappa shape index (κ3) is 6.43. The van der Waals surface area contributed by atoms with E-state index >= 15 is 0 Å². The summed E-state index contributed by atoms with van der Waals surface area (Å²) in [7, 11) is -4.58. The van der Waals surface area contributed by atoms with Crippen LogP contribution < -0.4 is 5.43 Å². The molecule has 0 saturated heterocycles. The fourth-order valence-electron chi connectivity index (χ4n) is 4.37. The van der Waals surface area contributed by atoms with E-state index in [1.165, 1.54) is 33.1 Å². The van der Waals surface area contributed by atoms with Crippen molar-refractivity contribution in [3.8, 4) is 0 Å². The van der Waals surface area contributed by atoms with Crippen molar-refractivity contribution in [2.45, 2.75) is 40.4 Å². The maximum Gasteiger partial charge on any atom is 0.200 e. The van der Waals surface area contributed by atoms with Crippen LogP contribution in [0.4, 0.5) is 0 Å². The van der Waals surface area contributed by atoms with Gasteiger partial charge < -0.3 is 8.97 Å². The number of rotatable bonds is 4. The Morgan fingerprint density at radius 1 is 0.585 bits per heavy atom. The minimum Gasteiger partial charge on any atom is -0.744 e. The van der Waals surface area contributed by atoms with Gasteiger partial charge >= 0.3 is 0 Å². The normalized spacial score (nSPS) is 11.4. The van der Waals surface area contributed by atoms with Crippen molar-refractivity contribution in [3.63, 3.8) is 0 Å². The fraction of sp³-hybridized carbons (Fsp3) is 0.0882. The summed E-state index contributed by atoms with van der Waals surface area (Å²) in [4.78, 5) is 16.6. The molecule has 0 saturated carbocycles. The first-order chi connectivity index (χ1) is 19.6. The Balaban J connectivity index is 0.000000259. The minimum absolute atomic E-state index is 0.0186. The van der Waals surface area contributed by atoms with E-state index in [0.29, 0.717) is 21.9 Å². The van der Waals surface area contributed by atoms with Gasteiger partial charge in [0.05, 0.1) is 26.6 Å². The molecule has 5 nitrogen and oxygen atoms in total. The lowest BCUT2D eigenvalue weighted by molar-refractivity contribution is 0.463. The molecule has 0 N–H and O–H groups in total. The molecule has 0 amide bonds. The van der Waals surface area contributed by atoms with Gasteiger partial charge in [0.15, 0.2) is 14.7 Å². The van der Waals surface area contributed by atoms with Crippen LogP contribution in [0.2, 0.25) is 0 Å². The van der Waals surface area contributed by atoms with Crippen molar-refractivity contribution in [1.82, 2.24) is 0 Å². The second-order valence-electron chi connectivity index (χ2n) is 9.78. The highest BCUT2D eigenvalue weighted by molar-refractivity contribution is 7.97. The third-order valence-corrected chi connectivity index (χ3v) is 9.67. The molecule has 6 aromatic rings. The molecule has 0 unspecified atom stereocenters. The van der Waals surface area contributed by atoms with Crippen LogP contribution in [0.5, 0.6) is 0 Å². The molecule has 1 heterocycles. The predicted octanol–water partition coefficient (Wildman–Crippen LogP) is 7.56. The Hall–Kier alpha value is -4.17. The van der Waals surface area contributed by atoms with Crippen molar-refractivity contribution in [3.05, 3.63) is 142 Å². The summed E-state index contributed by atoms with van der Waals surface area (Å²) in [5.74, 6) is 0. The lowest BCUT2D eigenvalue weighted by Gasteiger charge is -2.10. The summed E-state index contributed by atoms with van der Waals surface area (Å²) in [6.07, 6.45) is 0. The summed E-state index contributed by atoms with van der Waals surface area (Å²) in [6.45, 7) is 6.02. The quantitative estimate of drug-likeness (QED) is 0.122. The number of benzene rings is 5. The van der Waals surface area contributed by atoms with Crippen molar-refractivity contribution < 1.29 is 17.4 Å². The van der Waals surface area contributed by atoms with Gasteiger partial charge in [0.25, 0.3) is 0 Å². The molecule has 5 aromatic carbocycles. The number of aryl methyl sites for hydroxylation is 3. The molecule has 0 aliphatic carbocycles. The van der Waals surface area contributed by atoms with Gasteiger partial charge in [-0.05, 0) is 81.4 Å². The van der Waals surface area contributed by atoms with Crippen LogP contribution in [0.3, 0.4) is 0 Å². The summed E-state index contributed by atoms with van der Waals surface area (Å²) >= 11 is 0. The summed E-state index contributed by atoms with van der Waals surface area (Å²) in [6, 6.07) is 36.6. The Bertz CT molecular complexity index is 1950. The van der Waals surface area contributed by atoms with Crippen molar-refractivity contribution in [1.29, 1.82) is 0 Å². The Morgan fingerprint density at radius 3 is 1.59 bits per heavy atom. The van der Waals surface area contributed by atoms with Crippen molar-refractivity contribution in [2.24, 2.45) is 0 Å². The van der Waals surface area contributed by atoms with Crippen LogP contribution in [0.15, 0.2) is 144 Å². The SMILES string of the molecule is Cc1ccc(S(=O)(=O)[O-])cc1.Cc1ccc([S+](c2ccc(C)cc2)c2ccc3oc4ccccc4c(=O)c3c2)cc1. The van der Waals surface area contributed by atoms with Gasteiger partial charge in [0, 0.05) is 6.07 Å². The molecule has 206 valence electrons. The zero-order valence-electron chi connectivity index (χ0n) is 22.8. The lowest BCUT2D eigenvalue weighted by Crippen LogP contribution is -2.07. The Morgan fingerprint density at radius 2 is 1.05 bits per heavy atom. The van der Waals surface area contributed by atoms with Crippen molar-refractivity contribution in [2.75, 3.05) is 0 Å². The molecule has 0 aliphatic heterocycles. The number of fused-ring (bicyclic) bond motifs is 2. The molecule has 0 aliphatic rings. The topological polar surface area (TPSA) is 87.4 Å². The van der Waals surface area contributed by atoms with Gasteiger partial charge in [0.2, 0.25) is 5.43 Å². The maximum absolute atomic E-state index is 13.2. The van der Waals surface area contributed by atoms with Crippen LogP contribution in [0.25, 0.3) is 21.9 Å². The highest BCUT2D eigenvalue weighted by atomic mass is 32.2. The Labute approximate surface area is 242 Å². The summed E-state index contributed by atoms with van der Waals surface area (Å²) < 4.78 is 37.2. The molecule has 0 radical (unpaired) electrons. The highest BCUT2D eigenvalue weighted by Gasteiger charge is 2.29. The van der Waals surface area contributed by atoms with E-state index in [4.69, 9.17) is 4.42 Å². The van der Waals surface area contributed by atoms with Crippen LogP contribution in [0, 0.1) is 20.8 Å². The van der Waals surface area contributed by atoms with Gasteiger partial charge in [-0.15, -0.1) is 0 Å². The smallest absolute Gasteiger partial charge is 0.200 e. The molecule has 0 fully saturated rings. The average molecular weight is 581 g/mol. The standard InChI is InChI=1S/C27H21O2S.C7H8O3S/c1-18-7-11-20(12-8-18)30(21-13-9-19(2)10-14-21)22-15-16-26-24(17-22)27(28)23-5-3-4-6-25(23)29-26;1-6-2-4-7(5-3-6)11(8,9)10/h3-17H,1-2H3;2-5H,1H3,(H,8,9,10)/q+1;/p-1. The number of hydrogen-bond acceptors (Lipinski definition) is 5. The second kappa shape index (κ2) is 11.7. The van der Waals surface area contributed by atoms with Crippen LogP contribution >= 0.6 is 0 Å². The third-order valence-electron chi connectivity index (χ3n) is 6.61. The predicted molar refractivity (Wildman–Crippen MR) is 164 cm³/mol. The lowest BCUT2D eigenvalue weighted by atomic mass is 10.1. The minimum atomic E-state index is -4.27. The average Bonchev–Trinajstić information content (AvgIpc) is 2.96. The monoisotopic (exact) mass is 580 g/mol. The maximum atomic E-state index is 13.2. The zero-order valence-corrected chi connectivity index (χ0v) is 24.5. The molecule has 7 heteroatoms. The Kier molecular flexibility index (Phi) is 8.13. The molecular formula is C34H28O5S2. The number of hydrogen-bond donors (Lipinski definition) is 0. The molecule has 0 bridgehead atoms. The van der Waals surface area contributed by atoms with E-state index in [1.807, 2.05) is 43.3 Å². The first-order valence-electron chi connectivity index (χ1n) is 13.0. The van der Waals surface area contributed by atoms with Gasteiger partial charge in [-0.25, -0.2) is 8.42 Å². The zero-order chi connectivity index (χ0) is 29.1. The van der Waals surface area contributed by atoms with E-state index in [2.05, 4.69) is 68.4 Å². The van der Waals surface area contributed by atoms with Gasteiger partial charge in [-0.3, -0.25) is 4.79 Å². The summed E-state index contributed by atoms with van der Waals surface area (Å²) in [5.41, 5.74) is 4.66. The van der Waals surface area contributed by atoms with Crippen molar-refractivity contribution >= 4 is 43.0 Å². The molecule has 41 heavy (non-hydrogen) atoms.